The molecule has 2 rings (SSSR count). The van der Waals surface area contributed by atoms with Crippen molar-refractivity contribution in [2.45, 2.75) is 6.92 Å². The first-order chi connectivity index (χ1) is 8.74. The molecule has 0 fully saturated rings. The smallest absolute Gasteiger partial charge is 0.158 e. The first kappa shape index (κ1) is 13.8. The molecular formula is C13H14ClIN2O. The van der Waals surface area contributed by atoms with Crippen molar-refractivity contribution < 1.29 is 4.74 Å². The summed E-state index contributed by atoms with van der Waals surface area (Å²) in [5, 5.41) is 4.86. The highest BCUT2D eigenvalue weighted by molar-refractivity contribution is 14.1. The normalized spacial score (nSPS) is 10.8. The van der Waals surface area contributed by atoms with Crippen LogP contribution in [-0.4, -0.2) is 24.7 Å². The molecule has 0 aliphatic carbocycles. The zero-order valence-corrected chi connectivity index (χ0v) is 13.0. The van der Waals surface area contributed by atoms with Gasteiger partial charge in [-0.1, -0.05) is 18.5 Å². The van der Waals surface area contributed by atoms with Gasteiger partial charge >= 0.3 is 0 Å². The summed E-state index contributed by atoms with van der Waals surface area (Å²) in [4.78, 5) is 4.37. The van der Waals surface area contributed by atoms with Gasteiger partial charge in [-0.3, -0.25) is 4.98 Å². The van der Waals surface area contributed by atoms with E-state index in [-0.39, 0.29) is 0 Å². The molecule has 1 aromatic heterocycles. The predicted molar refractivity (Wildman–Crippen MR) is 83.5 cm³/mol. The van der Waals surface area contributed by atoms with Gasteiger partial charge in [0.05, 0.1) is 8.59 Å². The van der Waals surface area contributed by atoms with Crippen LogP contribution < -0.4 is 10.1 Å². The van der Waals surface area contributed by atoms with Crippen molar-refractivity contribution in [3.8, 4) is 5.75 Å². The van der Waals surface area contributed by atoms with Crippen LogP contribution in [0.15, 0.2) is 24.4 Å². The van der Waals surface area contributed by atoms with Crippen molar-refractivity contribution in [2.75, 3.05) is 19.7 Å². The number of benzene rings is 1. The maximum atomic E-state index is 6.21. The maximum absolute atomic E-state index is 6.21. The second-order valence-corrected chi connectivity index (χ2v) is 5.34. The summed E-state index contributed by atoms with van der Waals surface area (Å²) in [5.41, 5.74) is 0.825. The highest BCUT2D eigenvalue weighted by atomic mass is 127. The number of nitrogens with zero attached hydrogens (tertiary/aromatic N) is 1. The van der Waals surface area contributed by atoms with Crippen molar-refractivity contribution in [3.05, 3.63) is 33.0 Å². The van der Waals surface area contributed by atoms with E-state index >= 15 is 0 Å². The number of pyridine rings is 1. The van der Waals surface area contributed by atoms with Crippen molar-refractivity contribution in [1.29, 1.82) is 0 Å². The molecule has 0 unspecified atom stereocenters. The minimum atomic E-state index is 0.622. The monoisotopic (exact) mass is 376 g/mol. The lowest BCUT2D eigenvalue weighted by atomic mass is 10.2. The van der Waals surface area contributed by atoms with Crippen molar-refractivity contribution in [3.63, 3.8) is 0 Å². The van der Waals surface area contributed by atoms with E-state index in [9.17, 15) is 0 Å². The second kappa shape index (κ2) is 6.54. The number of hydrogen-bond acceptors (Lipinski definition) is 3. The van der Waals surface area contributed by atoms with E-state index in [0.717, 1.165) is 33.3 Å². The summed E-state index contributed by atoms with van der Waals surface area (Å²) in [7, 11) is 0. The molecule has 96 valence electrons. The number of ether oxygens (including phenoxy) is 1. The Morgan fingerprint density at radius 1 is 1.50 bits per heavy atom. The summed E-state index contributed by atoms with van der Waals surface area (Å²) in [6.07, 6.45) is 1.76. The van der Waals surface area contributed by atoms with Crippen LogP contribution in [0, 0.1) is 3.57 Å². The summed E-state index contributed by atoms with van der Waals surface area (Å²) in [6, 6.07) is 5.75. The predicted octanol–water partition coefficient (Wildman–Crippen LogP) is 3.48. The minimum absolute atomic E-state index is 0.622. The Morgan fingerprint density at radius 3 is 3.11 bits per heavy atom. The molecule has 18 heavy (non-hydrogen) atoms. The SMILES string of the molecule is CCNCCOc1c(I)cc(Cl)c2cccnc12. The van der Waals surface area contributed by atoms with Crippen LogP contribution >= 0.6 is 34.2 Å². The number of rotatable bonds is 5. The number of fused-ring (bicyclic) bond motifs is 1. The fourth-order valence-electron chi connectivity index (χ4n) is 1.69. The largest absolute Gasteiger partial charge is 0.489 e. The van der Waals surface area contributed by atoms with Crippen LogP contribution in [0.25, 0.3) is 10.9 Å². The van der Waals surface area contributed by atoms with E-state index in [2.05, 4.69) is 39.8 Å². The molecule has 3 nitrogen and oxygen atoms in total. The Morgan fingerprint density at radius 2 is 2.33 bits per heavy atom. The van der Waals surface area contributed by atoms with Gasteiger partial charge in [-0.2, -0.15) is 0 Å². The minimum Gasteiger partial charge on any atom is -0.489 e. The number of likely N-dealkylation sites (N-methyl/N-ethyl adjacent to an activating group) is 1. The van der Waals surface area contributed by atoms with Crippen LogP contribution in [0.3, 0.4) is 0 Å². The Balaban J connectivity index is 2.31. The molecule has 0 radical (unpaired) electrons. The molecule has 0 amide bonds. The van der Waals surface area contributed by atoms with E-state index in [1.807, 2.05) is 18.2 Å². The molecule has 0 spiro atoms. The zero-order valence-electron chi connectivity index (χ0n) is 10.0. The molecule has 5 heteroatoms. The molecule has 0 bridgehead atoms. The van der Waals surface area contributed by atoms with Gasteiger partial charge in [-0.25, -0.2) is 0 Å². The molecule has 2 aromatic rings. The van der Waals surface area contributed by atoms with Gasteiger partial charge in [-0.15, -0.1) is 0 Å². The number of hydrogen-bond donors (Lipinski definition) is 1. The van der Waals surface area contributed by atoms with Crippen LogP contribution in [-0.2, 0) is 0 Å². The van der Waals surface area contributed by atoms with Crippen LogP contribution in [0.4, 0.5) is 0 Å². The average molecular weight is 377 g/mol. The van der Waals surface area contributed by atoms with Gasteiger partial charge in [0, 0.05) is 18.1 Å². The molecule has 0 aliphatic heterocycles. The highest BCUT2D eigenvalue weighted by Gasteiger charge is 2.11. The van der Waals surface area contributed by atoms with E-state index in [4.69, 9.17) is 16.3 Å². The summed E-state index contributed by atoms with van der Waals surface area (Å²) in [5.74, 6) is 0.813. The van der Waals surface area contributed by atoms with Crippen molar-refractivity contribution >= 4 is 45.1 Å². The van der Waals surface area contributed by atoms with Crippen molar-refractivity contribution in [1.82, 2.24) is 10.3 Å². The van der Waals surface area contributed by atoms with Crippen molar-refractivity contribution in [2.24, 2.45) is 0 Å². The molecule has 1 heterocycles. The van der Waals surface area contributed by atoms with Gasteiger partial charge in [0.25, 0.3) is 0 Å². The lowest BCUT2D eigenvalue weighted by molar-refractivity contribution is 0.316. The average Bonchev–Trinajstić information content (AvgIpc) is 2.38. The van der Waals surface area contributed by atoms with E-state index < -0.39 is 0 Å². The third-order valence-corrected chi connectivity index (χ3v) is 3.64. The Kier molecular flexibility index (Phi) is 5.03. The van der Waals surface area contributed by atoms with Crippen LogP contribution in [0.2, 0.25) is 5.02 Å². The number of aromatic nitrogens is 1. The summed E-state index contributed by atoms with van der Waals surface area (Å²) >= 11 is 8.43. The lowest BCUT2D eigenvalue weighted by Crippen LogP contribution is -2.20. The second-order valence-electron chi connectivity index (χ2n) is 3.77. The zero-order chi connectivity index (χ0) is 13.0. The molecule has 0 saturated heterocycles. The van der Waals surface area contributed by atoms with Gasteiger partial charge in [0.2, 0.25) is 0 Å². The van der Waals surface area contributed by atoms with E-state index in [1.54, 1.807) is 6.20 Å². The van der Waals surface area contributed by atoms with Crippen LogP contribution in [0.5, 0.6) is 5.75 Å². The lowest BCUT2D eigenvalue weighted by Gasteiger charge is -2.12. The fourth-order valence-corrected chi connectivity index (χ4v) is 2.85. The third kappa shape index (κ3) is 3.05. The standard InChI is InChI=1S/C13H14ClIN2O/c1-2-16-6-7-18-13-11(15)8-10(14)9-4-3-5-17-12(9)13/h3-5,8,16H,2,6-7H2,1H3. The quantitative estimate of drug-likeness (QED) is 0.641. The Bertz CT molecular complexity index is 548. The Hall–Kier alpha value is -0.590. The highest BCUT2D eigenvalue weighted by Crippen LogP contribution is 2.34. The first-order valence-electron chi connectivity index (χ1n) is 5.80. The van der Waals surface area contributed by atoms with Gasteiger partial charge in [0.15, 0.2) is 5.75 Å². The maximum Gasteiger partial charge on any atom is 0.158 e. The number of nitrogens with one attached hydrogen (secondary N) is 1. The third-order valence-electron chi connectivity index (χ3n) is 2.53. The molecule has 0 atom stereocenters. The van der Waals surface area contributed by atoms with E-state index in [0.29, 0.717) is 11.6 Å². The fraction of sp³-hybridized carbons (Fsp3) is 0.308. The molecular weight excluding hydrogens is 363 g/mol. The molecule has 0 aliphatic rings. The summed E-state index contributed by atoms with van der Waals surface area (Å²) in [6.45, 7) is 4.46. The first-order valence-corrected chi connectivity index (χ1v) is 7.26. The van der Waals surface area contributed by atoms with E-state index in [1.165, 1.54) is 0 Å². The van der Waals surface area contributed by atoms with Gasteiger partial charge in [0.1, 0.15) is 12.1 Å². The number of halogens is 2. The molecule has 1 aromatic carbocycles. The van der Waals surface area contributed by atoms with Crippen LogP contribution in [0.1, 0.15) is 6.92 Å². The van der Waals surface area contributed by atoms with Gasteiger partial charge in [-0.05, 0) is 47.3 Å². The Labute approximate surface area is 125 Å². The summed E-state index contributed by atoms with van der Waals surface area (Å²) < 4.78 is 6.80. The van der Waals surface area contributed by atoms with Gasteiger partial charge < -0.3 is 10.1 Å². The molecule has 1 N–H and O–H groups in total. The molecule has 0 saturated carbocycles. The topological polar surface area (TPSA) is 34.1 Å².